The van der Waals surface area contributed by atoms with Gasteiger partial charge in [-0.3, -0.25) is 4.79 Å². The van der Waals surface area contributed by atoms with Crippen molar-refractivity contribution >= 4 is 23.3 Å². The number of carbonyl (C=O) groups excluding carboxylic acids is 2. The molecule has 0 aliphatic heterocycles. The minimum absolute atomic E-state index is 0.0615. The Labute approximate surface area is 177 Å². The molecule has 0 unspecified atom stereocenters. The second-order valence-electron chi connectivity index (χ2n) is 7.08. The van der Waals surface area contributed by atoms with Gasteiger partial charge in [0.15, 0.2) is 11.5 Å². The van der Waals surface area contributed by atoms with Gasteiger partial charge in [0.2, 0.25) is 0 Å². The number of hydrogen-bond acceptors (Lipinski definition) is 5. The number of anilines is 2. The first-order valence-corrected chi connectivity index (χ1v) is 9.58. The maximum absolute atomic E-state index is 12.6. The Morgan fingerprint density at radius 3 is 2.17 bits per heavy atom. The van der Waals surface area contributed by atoms with Gasteiger partial charge in [-0.15, -0.1) is 0 Å². The van der Waals surface area contributed by atoms with E-state index in [4.69, 9.17) is 9.47 Å². The van der Waals surface area contributed by atoms with Crippen LogP contribution in [0.3, 0.4) is 0 Å². The van der Waals surface area contributed by atoms with Crippen LogP contribution in [0.1, 0.15) is 17.3 Å². The van der Waals surface area contributed by atoms with Gasteiger partial charge in [0, 0.05) is 45.5 Å². The predicted octanol–water partition coefficient (Wildman–Crippen LogP) is 3.05. The average Bonchev–Trinajstić information content (AvgIpc) is 2.76. The van der Waals surface area contributed by atoms with Crippen LogP contribution in [0.25, 0.3) is 0 Å². The number of rotatable bonds is 8. The van der Waals surface area contributed by atoms with Crippen LogP contribution in [0.4, 0.5) is 16.2 Å². The fourth-order valence-electron chi connectivity index (χ4n) is 2.86. The lowest BCUT2D eigenvalue weighted by Gasteiger charge is -2.27. The fraction of sp³-hybridized carbons (Fsp3) is 0.364. The number of urea groups is 1. The number of amides is 3. The number of likely N-dealkylation sites (N-methyl/N-ethyl adjacent to an activating group) is 1. The van der Waals surface area contributed by atoms with E-state index in [-0.39, 0.29) is 11.9 Å². The monoisotopic (exact) mass is 414 g/mol. The van der Waals surface area contributed by atoms with Crippen LogP contribution in [0, 0.1) is 0 Å². The second kappa shape index (κ2) is 10.4. The number of methoxy groups -OCH3 is 2. The third-order valence-electron chi connectivity index (χ3n) is 4.79. The first-order chi connectivity index (χ1) is 14.3. The molecular formula is C22H30N4O4. The van der Waals surface area contributed by atoms with Crippen molar-refractivity contribution in [1.29, 1.82) is 0 Å². The summed E-state index contributed by atoms with van der Waals surface area (Å²) < 4.78 is 10.6. The van der Waals surface area contributed by atoms with Crippen LogP contribution in [0.5, 0.6) is 11.5 Å². The third-order valence-corrected chi connectivity index (χ3v) is 4.79. The van der Waals surface area contributed by atoms with Crippen LogP contribution in [-0.2, 0) is 0 Å². The summed E-state index contributed by atoms with van der Waals surface area (Å²) in [6.45, 7) is 2.44. The number of ether oxygens (including phenoxy) is 2. The first kappa shape index (κ1) is 22.9. The van der Waals surface area contributed by atoms with E-state index in [1.165, 1.54) is 19.1 Å². The van der Waals surface area contributed by atoms with Crippen LogP contribution in [0.2, 0.25) is 0 Å². The van der Waals surface area contributed by atoms with E-state index in [2.05, 4.69) is 15.5 Å². The summed E-state index contributed by atoms with van der Waals surface area (Å²) in [6, 6.07) is 12.7. The van der Waals surface area contributed by atoms with Crippen molar-refractivity contribution in [2.75, 3.05) is 52.1 Å². The highest BCUT2D eigenvalue weighted by molar-refractivity contribution is 6.04. The normalized spacial score (nSPS) is 11.3. The van der Waals surface area contributed by atoms with Crippen LogP contribution in [0.15, 0.2) is 42.5 Å². The Balaban J connectivity index is 2.12. The molecule has 0 heterocycles. The molecule has 0 aliphatic carbocycles. The number of nitrogens with zero attached hydrogens (tertiary/aromatic N) is 2. The molecule has 0 radical (unpaired) electrons. The molecule has 30 heavy (non-hydrogen) atoms. The van der Waals surface area contributed by atoms with Gasteiger partial charge in [0.05, 0.1) is 25.5 Å². The van der Waals surface area contributed by atoms with E-state index < -0.39 is 6.03 Å². The molecule has 8 nitrogen and oxygen atoms in total. The molecule has 0 spiro atoms. The summed E-state index contributed by atoms with van der Waals surface area (Å²) in [4.78, 5) is 28.6. The molecule has 0 saturated carbocycles. The number of carbonyl (C=O) groups is 2. The second-order valence-corrected chi connectivity index (χ2v) is 7.08. The molecule has 0 bridgehead atoms. The third kappa shape index (κ3) is 5.56. The molecule has 0 aliphatic rings. The molecule has 2 aromatic carbocycles. The number of benzene rings is 2. The molecule has 2 N–H and O–H groups in total. The van der Waals surface area contributed by atoms with Crippen molar-refractivity contribution in [3.05, 3.63) is 48.0 Å². The van der Waals surface area contributed by atoms with E-state index >= 15 is 0 Å². The molecule has 0 fully saturated rings. The van der Waals surface area contributed by atoms with Gasteiger partial charge in [-0.2, -0.15) is 0 Å². The SMILES string of the molecule is COc1cc(NC(=O)NC[C@H](C)N(C)c2ccccc2)c(C(=O)N(C)C)cc1OC. The standard InChI is InChI=1S/C22H30N4O4/c1-15(26(4)16-10-8-7-9-11-16)14-23-22(28)24-18-13-20(30-6)19(29-5)12-17(18)21(27)25(2)3/h7-13,15H,14H2,1-6H3,(H2,23,24,28)/t15-/m0/s1. The lowest BCUT2D eigenvalue weighted by atomic mass is 10.1. The molecule has 3 amide bonds. The summed E-state index contributed by atoms with van der Waals surface area (Å²) >= 11 is 0. The van der Waals surface area contributed by atoms with E-state index in [1.807, 2.05) is 44.3 Å². The lowest BCUT2D eigenvalue weighted by molar-refractivity contribution is 0.0828. The highest BCUT2D eigenvalue weighted by Crippen LogP contribution is 2.33. The topological polar surface area (TPSA) is 83.1 Å². The summed E-state index contributed by atoms with van der Waals surface area (Å²) in [6.07, 6.45) is 0. The quantitative estimate of drug-likeness (QED) is 0.694. The van der Waals surface area contributed by atoms with E-state index in [0.717, 1.165) is 5.69 Å². The first-order valence-electron chi connectivity index (χ1n) is 9.58. The van der Waals surface area contributed by atoms with Crippen molar-refractivity contribution in [2.24, 2.45) is 0 Å². The van der Waals surface area contributed by atoms with Gasteiger partial charge in [-0.05, 0) is 25.1 Å². The van der Waals surface area contributed by atoms with Crippen molar-refractivity contribution < 1.29 is 19.1 Å². The minimum Gasteiger partial charge on any atom is -0.493 e. The smallest absolute Gasteiger partial charge is 0.319 e. The zero-order valence-corrected chi connectivity index (χ0v) is 18.4. The highest BCUT2D eigenvalue weighted by Gasteiger charge is 2.20. The summed E-state index contributed by atoms with van der Waals surface area (Å²) in [5, 5.41) is 5.61. The zero-order chi connectivity index (χ0) is 22.3. The Hall–Kier alpha value is -3.42. The van der Waals surface area contributed by atoms with E-state index in [1.54, 1.807) is 26.2 Å². The Morgan fingerprint density at radius 1 is 1.00 bits per heavy atom. The highest BCUT2D eigenvalue weighted by atomic mass is 16.5. The fourth-order valence-corrected chi connectivity index (χ4v) is 2.86. The minimum atomic E-state index is -0.414. The molecule has 0 aromatic heterocycles. The van der Waals surface area contributed by atoms with E-state index in [0.29, 0.717) is 29.3 Å². The zero-order valence-electron chi connectivity index (χ0n) is 18.4. The Morgan fingerprint density at radius 2 is 1.60 bits per heavy atom. The van der Waals surface area contributed by atoms with Gasteiger partial charge in [0.25, 0.3) is 5.91 Å². The van der Waals surface area contributed by atoms with E-state index in [9.17, 15) is 9.59 Å². The molecule has 1 atom stereocenters. The van der Waals surface area contributed by atoms with Crippen molar-refractivity contribution in [2.45, 2.75) is 13.0 Å². The summed E-state index contributed by atoms with van der Waals surface area (Å²) in [5.41, 5.74) is 1.71. The van der Waals surface area contributed by atoms with Crippen LogP contribution in [-0.4, -0.2) is 64.8 Å². The number of nitrogens with one attached hydrogen (secondary N) is 2. The average molecular weight is 415 g/mol. The number of hydrogen-bond donors (Lipinski definition) is 2. The van der Waals surface area contributed by atoms with Crippen LogP contribution >= 0.6 is 0 Å². The Kier molecular flexibility index (Phi) is 7.91. The van der Waals surface area contributed by atoms with Gasteiger partial charge < -0.3 is 29.9 Å². The molecule has 8 heteroatoms. The largest absolute Gasteiger partial charge is 0.493 e. The Bertz CT molecular complexity index is 871. The van der Waals surface area contributed by atoms with Crippen molar-refractivity contribution in [1.82, 2.24) is 10.2 Å². The molecule has 2 rings (SSSR count). The van der Waals surface area contributed by atoms with Gasteiger partial charge >= 0.3 is 6.03 Å². The van der Waals surface area contributed by atoms with Crippen LogP contribution < -0.4 is 25.0 Å². The van der Waals surface area contributed by atoms with Gasteiger partial charge in [0.1, 0.15) is 0 Å². The maximum atomic E-state index is 12.6. The molecular weight excluding hydrogens is 384 g/mol. The van der Waals surface area contributed by atoms with Gasteiger partial charge in [-0.25, -0.2) is 4.79 Å². The van der Waals surface area contributed by atoms with Crippen molar-refractivity contribution in [3.63, 3.8) is 0 Å². The number of para-hydroxylation sites is 1. The lowest BCUT2D eigenvalue weighted by Crippen LogP contribution is -2.42. The van der Waals surface area contributed by atoms with Crippen molar-refractivity contribution in [3.8, 4) is 11.5 Å². The maximum Gasteiger partial charge on any atom is 0.319 e. The summed E-state index contributed by atoms with van der Waals surface area (Å²) in [5.74, 6) is 0.565. The molecule has 0 saturated heterocycles. The predicted molar refractivity (Wildman–Crippen MR) is 119 cm³/mol. The molecule has 2 aromatic rings. The summed E-state index contributed by atoms with van der Waals surface area (Å²) in [7, 11) is 8.25. The molecule has 162 valence electrons. The van der Waals surface area contributed by atoms with Gasteiger partial charge in [-0.1, -0.05) is 18.2 Å².